The lowest BCUT2D eigenvalue weighted by atomic mass is 10.0. The van der Waals surface area contributed by atoms with Crippen LogP contribution in [0, 0.1) is 5.92 Å². The highest BCUT2D eigenvalue weighted by molar-refractivity contribution is 5.75. The fourth-order valence-corrected chi connectivity index (χ4v) is 1.16. The van der Waals surface area contributed by atoms with Crippen molar-refractivity contribution >= 4 is 5.97 Å². The molecule has 0 heterocycles. The average molecular weight is 184 g/mol. The van der Waals surface area contributed by atoms with Crippen molar-refractivity contribution in [3.63, 3.8) is 0 Å². The molecular formula is C9H12O4. The summed E-state index contributed by atoms with van der Waals surface area (Å²) in [5.41, 5.74) is 0. The van der Waals surface area contributed by atoms with Crippen molar-refractivity contribution in [2.45, 2.75) is 6.42 Å². The molecule has 72 valence electrons. The predicted octanol–water partition coefficient (Wildman–Crippen LogP) is 1.15. The summed E-state index contributed by atoms with van der Waals surface area (Å²) in [6, 6.07) is 0. The third kappa shape index (κ3) is 2.24. The van der Waals surface area contributed by atoms with Gasteiger partial charge in [0.1, 0.15) is 11.5 Å². The third-order valence-electron chi connectivity index (χ3n) is 1.89. The number of hydrogen-bond acceptors (Lipinski definition) is 3. The van der Waals surface area contributed by atoms with Crippen molar-refractivity contribution in [1.29, 1.82) is 0 Å². The first kappa shape index (κ1) is 9.64. The van der Waals surface area contributed by atoms with Gasteiger partial charge >= 0.3 is 5.97 Å². The molecule has 0 bridgehead atoms. The average Bonchev–Trinajstić information content (AvgIpc) is 2.16. The molecule has 0 aromatic carbocycles. The van der Waals surface area contributed by atoms with Crippen molar-refractivity contribution in [1.82, 2.24) is 0 Å². The van der Waals surface area contributed by atoms with Crippen LogP contribution in [0.2, 0.25) is 0 Å². The lowest BCUT2D eigenvalue weighted by Gasteiger charge is -2.16. The largest absolute Gasteiger partial charge is 0.501 e. The molecule has 0 aliphatic heterocycles. The fraction of sp³-hybridized carbons (Fsp3) is 0.444. The second-order valence-electron chi connectivity index (χ2n) is 2.72. The summed E-state index contributed by atoms with van der Waals surface area (Å²) in [5, 5.41) is 8.76. The van der Waals surface area contributed by atoms with E-state index in [0.29, 0.717) is 17.9 Å². The summed E-state index contributed by atoms with van der Waals surface area (Å²) in [6.45, 7) is 0. The number of hydrogen-bond donors (Lipinski definition) is 1. The molecule has 1 aliphatic rings. The van der Waals surface area contributed by atoms with Gasteiger partial charge in [-0.25, -0.2) is 0 Å². The Hall–Kier alpha value is -1.45. The Balaban J connectivity index is 2.82. The molecule has 1 N–H and O–H groups in total. The van der Waals surface area contributed by atoms with Gasteiger partial charge < -0.3 is 14.6 Å². The Kier molecular flexibility index (Phi) is 2.95. The molecular weight excluding hydrogens is 172 g/mol. The Labute approximate surface area is 76.5 Å². The van der Waals surface area contributed by atoms with Gasteiger partial charge in [-0.3, -0.25) is 4.79 Å². The summed E-state index contributed by atoms with van der Waals surface area (Å²) < 4.78 is 9.96. The lowest BCUT2D eigenvalue weighted by Crippen LogP contribution is -2.14. The quantitative estimate of drug-likeness (QED) is 0.714. The number of rotatable bonds is 3. The van der Waals surface area contributed by atoms with Gasteiger partial charge in [0.05, 0.1) is 26.6 Å². The minimum absolute atomic E-state index is 0.525. The highest BCUT2D eigenvalue weighted by Crippen LogP contribution is 2.23. The zero-order chi connectivity index (χ0) is 9.84. The van der Waals surface area contributed by atoms with E-state index in [4.69, 9.17) is 14.6 Å². The van der Waals surface area contributed by atoms with Gasteiger partial charge in [0.2, 0.25) is 0 Å². The van der Waals surface area contributed by atoms with Crippen LogP contribution in [0.3, 0.4) is 0 Å². The first-order valence-electron chi connectivity index (χ1n) is 3.89. The van der Waals surface area contributed by atoms with Crippen molar-refractivity contribution in [2.24, 2.45) is 5.92 Å². The number of carboxylic acids is 1. The first-order chi connectivity index (χ1) is 6.17. The van der Waals surface area contributed by atoms with E-state index in [1.807, 2.05) is 0 Å². The van der Waals surface area contributed by atoms with Gasteiger partial charge in [-0.15, -0.1) is 0 Å². The number of methoxy groups -OCH3 is 2. The Bertz CT molecular complexity index is 245. The van der Waals surface area contributed by atoms with E-state index in [0.717, 1.165) is 0 Å². The SMILES string of the molecule is COC1=CC(C(=O)O)C=C(OC)C1. The minimum atomic E-state index is -0.899. The maximum atomic E-state index is 10.7. The third-order valence-corrected chi connectivity index (χ3v) is 1.89. The summed E-state index contributed by atoms with van der Waals surface area (Å²) in [7, 11) is 3.03. The van der Waals surface area contributed by atoms with Crippen LogP contribution in [0.25, 0.3) is 0 Å². The van der Waals surface area contributed by atoms with Crippen LogP contribution in [0.5, 0.6) is 0 Å². The van der Waals surface area contributed by atoms with E-state index < -0.39 is 11.9 Å². The molecule has 0 radical (unpaired) electrons. The molecule has 0 saturated heterocycles. The van der Waals surface area contributed by atoms with Gasteiger partial charge in [0, 0.05) is 0 Å². The van der Waals surface area contributed by atoms with E-state index >= 15 is 0 Å². The molecule has 4 nitrogen and oxygen atoms in total. The summed E-state index contributed by atoms with van der Waals surface area (Å²) in [6.07, 6.45) is 3.67. The fourth-order valence-electron chi connectivity index (χ4n) is 1.16. The molecule has 1 aliphatic carbocycles. The van der Waals surface area contributed by atoms with Gasteiger partial charge in [0.25, 0.3) is 0 Å². The lowest BCUT2D eigenvalue weighted by molar-refractivity contribution is -0.138. The van der Waals surface area contributed by atoms with E-state index in [2.05, 4.69) is 0 Å². The number of ether oxygens (including phenoxy) is 2. The topological polar surface area (TPSA) is 55.8 Å². The van der Waals surface area contributed by atoms with Crippen molar-refractivity contribution in [3.8, 4) is 0 Å². The summed E-state index contributed by atoms with van der Waals surface area (Å²) in [5.74, 6) is -0.277. The molecule has 0 aromatic rings. The molecule has 4 heteroatoms. The second-order valence-corrected chi connectivity index (χ2v) is 2.72. The van der Waals surface area contributed by atoms with Crippen LogP contribution in [0.15, 0.2) is 23.7 Å². The molecule has 0 saturated carbocycles. The van der Waals surface area contributed by atoms with Gasteiger partial charge in [-0.2, -0.15) is 0 Å². The molecule has 0 atom stereocenters. The van der Waals surface area contributed by atoms with Crippen LogP contribution in [0.4, 0.5) is 0 Å². The van der Waals surface area contributed by atoms with E-state index in [-0.39, 0.29) is 0 Å². The minimum Gasteiger partial charge on any atom is -0.501 e. The van der Waals surface area contributed by atoms with Crippen molar-refractivity contribution in [3.05, 3.63) is 23.7 Å². The van der Waals surface area contributed by atoms with Gasteiger partial charge in [-0.1, -0.05) is 0 Å². The Morgan fingerprint density at radius 2 is 1.85 bits per heavy atom. The normalized spacial score (nSPS) is 17.4. The highest BCUT2D eigenvalue weighted by atomic mass is 16.5. The molecule has 0 spiro atoms. The molecule has 13 heavy (non-hydrogen) atoms. The summed E-state index contributed by atoms with van der Waals surface area (Å²) >= 11 is 0. The van der Waals surface area contributed by atoms with Crippen LogP contribution < -0.4 is 0 Å². The van der Waals surface area contributed by atoms with Crippen LogP contribution in [-0.2, 0) is 14.3 Å². The summed E-state index contributed by atoms with van der Waals surface area (Å²) in [4.78, 5) is 10.7. The molecule has 0 amide bonds. The number of carboxylic acid groups (broad SMARTS) is 1. The van der Waals surface area contributed by atoms with Gasteiger partial charge in [0.15, 0.2) is 0 Å². The maximum Gasteiger partial charge on any atom is 0.314 e. The Morgan fingerprint density at radius 1 is 1.38 bits per heavy atom. The zero-order valence-electron chi connectivity index (χ0n) is 7.61. The van der Waals surface area contributed by atoms with Crippen molar-refractivity contribution in [2.75, 3.05) is 14.2 Å². The smallest absolute Gasteiger partial charge is 0.314 e. The zero-order valence-corrected chi connectivity index (χ0v) is 7.61. The first-order valence-corrected chi connectivity index (χ1v) is 3.89. The van der Waals surface area contributed by atoms with Crippen LogP contribution >= 0.6 is 0 Å². The monoisotopic (exact) mass is 184 g/mol. The van der Waals surface area contributed by atoms with E-state index in [1.54, 1.807) is 12.2 Å². The maximum absolute atomic E-state index is 10.7. The number of carbonyl (C=O) groups is 1. The van der Waals surface area contributed by atoms with Crippen LogP contribution in [-0.4, -0.2) is 25.3 Å². The number of aliphatic carboxylic acids is 1. The van der Waals surface area contributed by atoms with E-state index in [1.165, 1.54) is 14.2 Å². The molecule has 0 unspecified atom stereocenters. The molecule has 0 aromatic heterocycles. The van der Waals surface area contributed by atoms with Gasteiger partial charge in [-0.05, 0) is 12.2 Å². The Morgan fingerprint density at radius 3 is 2.15 bits per heavy atom. The predicted molar refractivity (Wildman–Crippen MR) is 45.9 cm³/mol. The molecule has 1 rings (SSSR count). The standard InChI is InChI=1S/C9H12O4/c1-12-7-3-6(9(10)11)4-8(5-7)13-2/h3-4,6H,5H2,1-2H3,(H,10,11). The highest BCUT2D eigenvalue weighted by Gasteiger charge is 2.20. The van der Waals surface area contributed by atoms with Crippen molar-refractivity contribution < 1.29 is 19.4 Å². The van der Waals surface area contributed by atoms with Crippen LogP contribution in [0.1, 0.15) is 6.42 Å². The second kappa shape index (κ2) is 3.98. The van der Waals surface area contributed by atoms with E-state index in [9.17, 15) is 4.79 Å². The molecule has 0 fully saturated rings.